The number of piperazine rings is 1. The van der Waals surface area contributed by atoms with Crippen molar-refractivity contribution in [3.8, 4) is 0 Å². The lowest BCUT2D eigenvalue weighted by Crippen LogP contribution is -2.48. The predicted octanol–water partition coefficient (Wildman–Crippen LogP) is 3.33. The van der Waals surface area contributed by atoms with Crippen molar-refractivity contribution >= 4 is 33.2 Å². The standard InChI is InChI=1S/C21H26ClN3O3S/c1-3-25(4-2)29(27,28)20-16-17(10-11-19(20)22)21(26)24-14-12-23(13-15-24)18-8-6-5-7-9-18/h5-11,16H,3-4,12-15H2,1-2H3. The summed E-state index contributed by atoms with van der Waals surface area (Å²) in [6.45, 7) is 6.85. The van der Waals surface area contributed by atoms with Gasteiger partial charge in [0.2, 0.25) is 10.0 Å². The van der Waals surface area contributed by atoms with Crippen LogP contribution in [0.2, 0.25) is 5.02 Å². The van der Waals surface area contributed by atoms with E-state index in [1.54, 1.807) is 24.8 Å². The van der Waals surface area contributed by atoms with Crippen molar-refractivity contribution in [1.82, 2.24) is 9.21 Å². The van der Waals surface area contributed by atoms with E-state index in [9.17, 15) is 13.2 Å². The Balaban J connectivity index is 1.77. The third kappa shape index (κ3) is 4.57. The number of sulfonamides is 1. The van der Waals surface area contributed by atoms with Gasteiger partial charge in [-0.15, -0.1) is 0 Å². The van der Waals surface area contributed by atoms with E-state index in [0.717, 1.165) is 18.8 Å². The van der Waals surface area contributed by atoms with Gasteiger partial charge in [-0.3, -0.25) is 4.79 Å². The van der Waals surface area contributed by atoms with Gasteiger partial charge in [-0.1, -0.05) is 43.6 Å². The summed E-state index contributed by atoms with van der Waals surface area (Å²) in [5.74, 6) is -0.176. The lowest BCUT2D eigenvalue weighted by molar-refractivity contribution is 0.0746. The molecule has 0 unspecified atom stereocenters. The van der Waals surface area contributed by atoms with Crippen LogP contribution in [0.25, 0.3) is 0 Å². The molecular weight excluding hydrogens is 410 g/mol. The monoisotopic (exact) mass is 435 g/mol. The quantitative estimate of drug-likeness (QED) is 0.698. The summed E-state index contributed by atoms with van der Waals surface area (Å²) in [4.78, 5) is 17.0. The summed E-state index contributed by atoms with van der Waals surface area (Å²) in [5, 5.41) is 0.127. The Morgan fingerprint density at radius 2 is 1.62 bits per heavy atom. The van der Waals surface area contributed by atoms with Gasteiger partial charge in [0, 0.05) is 50.5 Å². The van der Waals surface area contributed by atoms with Crippen LogP contribution in [0.3, 0.4) is 0 Å². The van der Waals surface area contributed by atoms with Gasteiger partial charge in [0.1, 0.15) is 4.90 Å². The lowest BCUT2D eigenvalue weighted by atomic mass is 10.1. The number of nitrogens with zero attached hydrogens (tertiary/aromatic N) is 3. The summed E-state index contributed by atoms with van der Waals surface area (Å²) in [5.41, 5.74) is 1.48. The molecule has 3 rings (SSSR count). The second-order valence-corrected chi connectivity index (χ2v) is 9.16. The Hall–Kier alpha value is -2.09. The van der Waals surface area contributed by atoms with Gasteiger partial charge < -0.3 is 9.80 Å². The zero-order valence-electron chi connectivity index (χ0n) is 16.7. The van der Waals surface area contributed by atoms with E-state index < -0.39 is 10.0 Å². The normalized spacial score (nSPS) is 15.0. The number of carbonyl (C=O) groups excluding carboxylic acids is 1. The molecule has 2 aromatic carbocycles. The van der Waals surface area contributed by atoms with E-state index in [1.165, 1.54) is 16.4 Å². The molecule has 2 aromatic rings. The first-order valence-corrected chi connectivity index (χ1v) is 11.6. The SMILES string of the molecule is CCN(CC)S(=O)(=O)c1cc(C(=O)N2CCN(c3ccccc3)CC2)ccc1Cl. The third-order valence-electron chi connectivity index (χ3n) is 5.19. The molecule has 0 aromatic heterocycles. The molecule has 1 saturated heterocycles. The van der Waals surface area contributed by atoms with Crippen LogP contribution in [0.5, 0.6) is 0 Å². The largest absolute Gasteiger partial charge is 0.368 e. The molecule has 0 bridgehead atoms. The van der Waals surface area contributed by atoms with Crippen LogP contribution in [-0.2, 0) is 10.0 Å². The Morgan fingerprint density at radius 3 is 2.21 bits per heavy atom. The molecule has 29 heavy (non-hydrogen) atoms. The highest BCUT2D eigenvalue weighted by Crippen LogP contribution is 2.27. The molecule has 0 radical (unpaired) electrons. The molecule has 1 aliphatic rings. The highest BCUT2D eigenvalue weighted by atomic mass is 35.5. The predicted molar refractivity (Wildman–Crippen MR) is 116 cm³/mol. The molecule has 0 saturated carbocycles. The maximum Gasteiger partial charge on any atom is 0.254 e. The van der Waals surface area contributed by atoms with E-state index in [0.29, 0.717) is 31.7 Å². The molecule has 0 spiro atoms. The fourth-order valence-corrected chi connectivity index (χ4v) is 5.48. The number of hydrogen-bond donors (Lipinski definition) is 0. The molecule has 0 aliphatic carbocycles. The molecule has 0 N–H and O–H groups in total. The number of benzene rings is 2. The van der Waals surface area contributed by atoms with E-state index >= 15 is 0 Å². The smallest absolute Gasteiger partial charge is 0.254 e. The van der Waals surface area contributed by atoms with Crippen molar-refractivity contribution in [1.29, 1.82) is 0 Å². The van der Waals surface area contributed by atoms with Gasteiger partial charge in [0.25, 0.3) is 5.91 Å². The van der Waals surface area contributed by atoms with Gasteiger partial charge in [-0.05, 0) is 30.3 Å². The molecule has 1 aliphatic heterocycles. The summed E-state index contributed by atoms with van der Waals surface area (Å²) >= 11 is 6.18. The van der Waals surface area contributed by atoms with Gasteiger partial charge in [-0.2, -0.15) is 4.31 Å². The Bertz CT molecular complexity index is 954. The molecule has 1 fully saturated rings. The summed E-state index contributed by atoms with van der Waals surface area (Å²) in [6, 6.07) is 14.6. The number of carbonyl (C=O) groups is 1. The molecule has 1 amide bonds. The molecule has 6 nitrogen and oxygen atoms in total. The minimum absolute atomic E-state index is 0.0170. The van der Waals surface area contributed by atoms with Crippen molar-refractivity contribution in [2.75, 3.05) is 44.2 Å². The molecular formula is C21H26ClN3O3S. The van der Waals surface area contributed by atoms with E-state index in [1.807, 2.05) is 18.2 Å². The lowest BCUT2D eigenvalue weighted by Gasteiger charge is -2.36. The first-order chi connectivity index (χ1) is 13.9. The van der Waals surface area contributed by atoms with Crippen molar-refractivity contribution in [2.45, 2.75) is 18.7 Å². The van der Waals surface area contributed by atoms with E-state index in [2.05, 4.69) is 17.0 Å². The zero-order chi connectivity index (χ0) is 21.0. The number of halogens is 1. The number of anilines is 1. The molecule has 1 heterocycles. The average Bonchev–Trinajstić information content (AvgIpc) is 2.75. The van der Waals surface area contributed by atoms with Crippen molar-refractivity contribution < 1.29 is 13.2 Å². The molecule has 8 heteroatoms. The molecule has 0 atom stereocenters. The fraction of sp³-hybridized carbons (Fsp3) is 0.381. The van der Waals surface area contributed by atoms with Gasteiger partial charge in [-0.25, -0.2) is 8.42 Å². The van der Waals surface area contributed by atoms with Gasteiger partial charge >= 0.3 is 0 Å². The van der Waals surface area contributed by atoms with Crippen LogP contribution < -0.4 is 4.90 Å². The molecule has 156 valence electrons. The topological polar surface area (TPSA) is 60.9 Å². The maximum absolute atomic E-state index is 13.0. The first kappa shape index (κ1) is 21.6. The van der Waals surface area contributed by atoms with Crippen LogP contribution in [0.15, 0.2) is 53.4 Å². The van der Waals surface area contributed by atoms with Crippen molar-refractivity contribution in [2.24, 2.45) is 0 Å². The highest BCUT2D eigenvalue weighted by molar-refractivity contribution is 7.89. The summed E-state index contributed by atoms with van der Waals surface area (Å²) in [7, 11) is -3.74. The average molecular weight is 436 g/mol. The van der Waals surface area contributed by atoms with Crippen molar-refractivity contribution in [3.05, 3.63) is 59.1 Å². The van der Waals surface area contributed by atoms with Gasteiger partial charge in [0.15, 0.2) is 0 Å². The number of rotatable bonds is 6. The maximum atomic E-state index is 13.0. The number of hydrogen-bond acceptors (Lipinski definition) is 4. The van der Waals surface area contributed by atoms with Crippen LogP contribution in [0.1, 0.15) is 24.2 Å². The van der Waals surface area contributed by atoms with E-state index in [-0.39, 0.29) is 15.8 Å². The minimum atomic E-state index is -3.74. The van der Waals surface area contributed by atoms with Crippen molar-refractivity contribution in [3.63, 3.8) is 0 Å². The second kappa shape index (κ2) is 9.15. The third-order valence-corrected chi connectivity index (χ3v) is 7.72. The Kier molecular flexibility index (Phi) is 6.82. The van der Waals surface area contributed by atoms with Crippen LogP contribution in [0, 0.1) is 0 Å². The number of para-hydroxylation sites is 1. The zero-order valence-corrected chi connectivity index (χ0v) is 18.3. The first-order valence-electron chi connectivity index (χ1n) is 9.77. The Morgan fingerprint density at radius 1 is 1.00 bits per heavy atom. The second-order valence-electron chi connectivity index (χ2n) is 6.85. The highest BCUT2D eigenvalue weighted by Gasteiger charge is 2.27. The Labute approximate surface area is 177 Å². The summed E-state index contributed by atoms with van der Waals surface area (Å²) in [6.07, 6.45) is 0. The van der Waals surface area contributed by atoms with Crippen LogP contribution >= 0.6 is 11.6 Å². The van der Waals surface area contributed by atoms with Crippen LogP contribution in [-0.4, -0.2) is 62.8 Å². The minimum Gasteiger partial charge on any atom is -0.368 e. The van der Waals surface area contributed by atoms with E-state index in [4.69, 9.17) is 11.6 Å². The summed E-state index contributed by atoms with van der Waals surface area (Å²) < 4.78 is 27.1. The fourth-order valence-electron chi connectivity index (χ4n) is 3.53. The number of amides is 1. The van der Waals surface area contributed by atoms with Crippen LogP contribution in [0.4, 0.5) is 5.69 Å². The van der Waals surface area contributed by atoms with Gasteiger partial charge in [0.05, 0.1) is 5.02 Å².